The van der Waals surface area contributed by atoms with Crippen LogP contribution in [-0.2, 0) is 21.9 Å². The molecule has 5 heterocycles. The molecule has 8 bridgehead atoms. The van der Waals surface area contributed by atoms with E-state index in [1.165, 1.54) is 109 Å². The van der Waals surface area contributed by atoms with E-state index in [4.69, 9.17) is 5.73 Å². The first kappa shape index (κ1) is 36.6. The molecule has 5 saturated carbocycles. The van der Waals surface area contributed by atoms with Gasteiger partial charge in [-0.15, -0.1) is 0 Å². The molecule has 1 radical (unpaired) electrons. The van der Waals surface area contributed by atoms with E-state index in [2.05, 4.69) is 49.0 Å². The van der Waals surface area contributed by atoms with Gasteiger partial charge >= 0.3 is 17.1 Å². The van der Waals surface area contributed by atoms with Gasteiger partial charge in [0.25, 0.3) is 0 Å². The minimum Gasteiger partial charge on any atom is -0.668 e. The molecule has 5 aliphatic heterocycles. The second-order valence-electron chi connectivity index (χ2n) is 18.1. The molecule has 50 heavy (non-hydrogen) atoms. The van der Waals surface area contributed by atoms with Crippen molar-refractivity contribution in [1.82, 2.24) is 42.5 Å². The maximum absolute atomic E-state index is 12.7. The molecule has 10 fully saturated rings. The molecule has 5 aliphatic carbocycles. The van der Waals surface area contributed by atoms with Crippen molar-refractivity contribution in [2.45, 2.75) is 178 Å². The minimum absolute atomic E-state index is 0. The number of carbonyl (C=O) groups is 1. The topological polar surface area (TPSA) is 137 Å². The first-order valence-corrected chi connectivity index (χ1v) is 21.3. The van der Waals surface area contributed by atoms with Gasteiger partial charge < -0.3 is 16.9 Å². The number of rotatable bonds is 1. The average molecular weight is 742 g/mol. The van der Waals surface area contributed by atoms with Crippen molar-refractivity contribution in [1.29, 1.82) is 0 Å². The largest absolute Gasteiger partial charge is 2.00 e. The first-order chi connectivity index (χ1) is 24.1. The van der Waals surface area contributed by atoms with Crippen LogP contribution in [0.15, 0.2) is 0 Å². The predicted octanol–water partition coefficient (Wildman–Crippen LogP) is 4.56. The summed E-state index contributed by atoms with van der Waals surface area (Å²) in [5.74, 6) is 3.88. The molecule has 10 rings (SSSR count). The van der Waals surface area contributed by atoms with Crippen LogP contribution in [0.25, 0.3) is 5.73 Å². The van der Waals surface area contributed by atoms with E-state index in [1.807, 2.05) is 0 Å². The zero-order chi connectivity index (χ0) is 32.9. The Morgan fingerprint density at radius 3 is 1.02 bits per heavy atom. The molecular weight excluding hydrogens is 674 g/mol. The number of hydrogen-bond donors (Lipinski definition) is 8. The maximum atomic E-state index is 12.7. The molecule has 17 unspecified atom stereocenters. The van der Waals surface area contributed by atoms with Crippen molar-refractivity contribution in [3.63, 3.8) is 0 Å². The average Bonchev–Trinajstić information content (AvgIpc) is 3.88. The van der Waals surface area contributed by atoms with Gasteiger partial charge in [0, 0.05) is 11.8 Å². The quantitative estimate of drug-likeness (QED) is 0.144. The van der Waals surface area contributed by atoms with Crippen LogP contribution < -0.4 is 42.5 Å². The molecule has 0 aromatic rings. The Bertz CT molecular complexity index is 1130. The van der Waals surface area contributed by atoms with Gasteiger partial charge in [-0.2, -0.15) is 12.8 Å². The smallest absolute Gasteiger partial charge is 0.668 e. The Morgan fingerprint density at radius 1 is 0.400 bits per heavy atom. The standard InChI is InChI=1S/C33H57N9O.C6H11.Cu/c34-25(43)22-14-7-15-23-24(22)33-41-31-21-13-6-5-12-20(21)29(39-31)37-27-17-9-2-1-8-16(17)26(35-27)36-28-18-10-3-4-11-19(18)30(38-28)40-32(23)42-33;1-2-4-6-5-3-1;/h16-24,26-33,35-42H,1-15H2,(H2,34,43);1H,2-6H2;/q;-1;+2/p-1. The van der Waals surface area contributed by atoms with Gasteiger partial charge in [-0.05, 0) is 92.8 Å². The third-order valence-corrected chi connectivity index (χ3v) is 15.5. The summed E-state index contributed by atoms with van der Waals surface area (Å²) in [5.41, 5.74) is 8.25. The summed E-state index contributed by atoms with van der Waals surface area (Å²) in [5, 5.41) is 33.1. The van der Waals surface area contributed by atoms with Crippen molar-refractivity contribution in [2.75, 3.05) is 0 Å². The third-order valence-electron chi connectivity index (χ3n) is 15.5. The maximum Gasteiger partial charge on any atom is 2.00 e. The second-order valence-corrected chi connectivity index (χ2v) is 18.1. The van der Waals surface area contributed by atoms with Gasteiger partial charge in [0.05, 0.1) is 55.2 Å². The van der Waals surface area contributed by atoms with E-state index in [-0.39, 0.29) is 59.5 Å². The van der Waals surface area contributed by atoms with Gasteiger partial charge in [-0.1, -0.05) is 64.2 Å². The summed E-state index contributed by atoms with van der Waals surface area (Å²) in [6.45, 7) is 0. The normalized spacial score (nSPS) is 51.1. The van der Waals surface area contributed by atoms with E-state index in [9.17, 15) is 4.79 Å². The molecule has 17 atom stereocenters. The molecule has 5 saturated heterocycles. The number of amides is 1. The Hall–Kier alpha value is -0.331. The van der Waals surface area contributed by atoms with Crippen LogP contribution in [0.3, 0.4) is 0 Å². The van der Waals surface area contributed by atoms with Crippen LogP contribution in [-0.4, -0.2) is 55.2 Å². The number of nitrogens with one attached hydrogen (secondary N) is 9. The fourth-order valence-electron chi connectivity index (χ4n) is 13.3. The second kappa shape index (κ2) is 16.2. The van der Waals surface area contributed by atoms with Crippen LogP contribution >= 0.6 is 0 Å². The Balaban J connectivity index is 0.000000470. The zero-order valence-corrected chi connectivity index (χ0v) is 31.2. The summed E-state index contributed by atoms with van der Waals surface area (Å²) < 4.78 is 0. The molecule has 9 N–H and O–H groups in total. The fraction of sp³-hybridized carbons (Fsp3) is 0.949. The molecule has 10 nitrogen and oxygen atoms in total. The molecule has 0 aromatic heterocycles. The molecule has 285 valence electrons. The van der Waals surface area contributed by atoms with Crippen molar-refractivity contribution in [2.24, 2.45) is 53.3 Å². The van der Waals surface area contributed by atoms with Crippen LogP contribution in [0.5, 0.6) is 0 Å². The Morgan fingerprint density at radius 2 is 0.720 bits per heavy atom. The van der Waals surface area contributed by atoms with Crippen LogP contribution in [0.4, 0.5) is 0 Å². The van der Waals surface area contributed by atoms with E-state index in [0.717, 1.165) is 19.3 Å². The van der Waals surface area contributed by atoms with Crippen LogP contribution in [0.1, 0.15) is 128 Å². The van der Waals surface area contributed by atoms with E-state index >= 15 is 0 Å². The monoisotopic (exact) mass is 740 g/mol. The SMILES string of the molecule is [CH-]1CCCCC1.[Cu+2].[NH-]C(=O)C1CCCC2C3NC4NC(NC5NC(NC6NC(NC(N3)C12)C1CCCCC61)C1CCCCC51)C1CCCCC41. The summed E-state index contributed by atoms with van der Waals surface area (Å²) in [6, 6.07) is 0. The number of hydrogen-bond acceptors (Lipinski definition) is 9. The van der Waals surface area contributed by atoms with Gasteiger partial charge in [0.15, 0.2) is 0 Å². The minimum atomic E-state index is -0.357. The van der Waals surface area contributed by atoms with Crippen LogP contribution in [0, 0.1) is 59.7 Å². The molecule has 0 aromatic carbocycles. The molecule has 1 amide bonds. The zero-order valence-electron chi connectivity index (χ0n) is 30.2. The third kappa shape index (κ3) is 7.13. The van der Waals surface area contributed by atoms with Gasteiger partial charge in [0.1, 0.15) is 0 Å². The van der Waals surface area contributed by atoms with Crippen molar-refractivity contribution < 1.29 is 21.9 Å². The van der Waals surface area contributed by atoms with E-state index < -0.39 is 0 Å². The van der Waals surface area contributed by atoms with Crippen molar-refractivity contribution >= 4 is 5.91 Å². The Kier molecular flexibility index (Phi) is 11.9. The van der Waals surface area contributed by atoms with E-state index in [0.29, 0.717) is 66.1 Å². The fourth-order valence-corrected chi connectivity index (χ4v) is 13.3. The molecule has 10 aliphatic rings. The van der Waals surface area contributed by atoms with Gasteiger partial charge in [0.2, 0.25) is 0 Å². The number of fused-ring (bicyclic) bond motifs is 20. The Labute approximate surface area is 312 Å². The summed E-state index contributed by atoms with van der Waals surface area (Å²) in [4.78, 5) is 12.7. The van der Waals surface area contributed by atoms with E-state index in [1.54, 1.807) is 0 Å². The van der Waals surface area contributed by atoms with Crippen molar-refractivity contribution in [3.8, 4) is 0 Å². The number of carbonyl (C=O) groups excluding carboxylic acids is 1. The first-order valence-electron chi connectivity index (χ1n) is 21.3. The molecule has 0 spiro atoms. The predicted molar refractivity (Wildman–Crippen MR) is 193 cm³/mol. The van der Waals surface area contributed by atoms with Gasteiger partial charge in [-0.3, -0.25) is 42.5 Å². The summed E-state index contributed by atoms with van der Waals surface area (Å²) in [7, 11) is 0. The van der Waals surface area contributed by atoms with Crippen molar-refractivity contribution in [3.05, 3.63) is 12.2 Å². The summed E-state index contributed by atoms with van der Waals surface area (Å²) >= 11 is 0. The van der Waals surface area contributed by atoms with Crippen LogP contribution in [0.2, 0.25) is 0 Å². The molecular formula is C39H67CuN9O. The van der Waals surface area contributed by atoms with Gasteiger partial charge in [-0.25, -0.2) is 0 Å². The summed E-state index contributed by atoms with van der Waals surface area (Å²) in [6.07, 6.45) is 30.4. The molecule has 11 heteroatoms.